The molecule has 0 aliphatic heterocycles. The zero-order chi connectivity index (χ0) is 15.3. The predicted molar refractivity (Wildman–Crippen MR) is 70.1 cm³/mol. The Kier molecular flexibility index (Phi) is 5.88. The molecule has 0 unspecified atom stereocenters. The van der Waals surface area contributed by atoms with Crippen LogP contribution in [-0.4, -0.2) is 39.8 Å². The maximum atomic E-state index is 13.5. The lowest BCUT2D eigenvalue weighted by atomic mass is 10.2. The van der Waals surface area contributed by atoms with Crippen LogP contribution in [0.2, 0.25) is 5.02 Å². The zero-order valence-corrected chi connectivity index (χ0v) is 12.1. The summed E-state index contributed by atoms with van der Waals surface area (Å²) in [5.74, 6) is -2.62. The summed E-state index contributed by atoms with van der Waals surface area (Å²) in [6.07, 6.45) is 0.428. The molecule has 0 spiro atoms. The van der Waals surface area contributed by atoms with E-state index < -0.39 is 37.3 Å². The Bertz CT molecular complexity index is 605. The van der Waals surface area contributed by atoms with Crippen LogP contribution < -0.4 is 4.72 Å². The van der Waals surface area contributed by atoms with Gasteiger partial charge in [0, 0.05) is 20.3 Å². The molecule has 0 bridgehead atoms. The van der Waals surface area contributed by atoms with E-state index in [0.29, 0.717) is 19.1 Å². The molecule has 9 heteroatoms. The lowest BCUT2D eigenvalue weighted by Crippen LogP contribution is -2.26. The molecule has 112 valence electrons. The topological polar surface area (TPSA) is 92.7 Å². The molecule has 1 rings (SSSR count). The number of methoxy groups -OCH3 is 1. The zero-order valence-electron chi connectivity index (χ0n) is 10.5. The van der Waals surface area contributed by atoms with Crippen molar-refractivity contribution in [3.8, 4) is 0 Å². The number of hydrogen-bond donors (Lipinski definition) is 2. The smallest absolute Gasteiger partial charge is 0.337 e. The first-order valence-corrected chi connectivity index (χ1v) is 7.36. The molecule has 1 aromatic rings. The average molecular weight is 326 g/mol. The molecule has 6 nitrogen and oxygen atoms in total. The highest BCUT2D eigenvalue weighted by molar-refractivity contribution is 7.89. The van der Waals surface area contributed by atoms with Crippen molar-refractivity contribution in [2.24, 2.45) is 0 Å². The van der Waals surface area contributed by atoms with Crippen molar-refractivity contribution in [3.05, 3.63) is 28.5 Å². The first-order valence-electron chi connectivity index (χ1n) is 5.50. The standard InChI is InChI=1S/C11H13ClFNO5S/c1-19-4-2-3-14-20(17,18)7-5-8(11(15)16)10(12)9(13)6-7/h5-6,14H,2-4H2,1H3,(H,15,16). The van der Waals surface area contributed by atoms with Gasteiger partial charge in [0.05, 0.1) is 15.5 Å². The summed E-state index contributed by atoms with van der Waals surface area (Å²) < 4.78 is 44.2. The van der Waals surface area contributed by atoms with Gasteiger partial charge in [-0.2, -0.15) is 0 Å². The van der Waals surface area contributed by atoms with Gasteiger partial charge in [-0.15, -0.1) is 0 Å². The van der Waals surface area contributed by atoms with Crippen LogP contribution in [0, 0.1) is 5.82 Å². The molecule has 0 saturated carbocycles. The van der Waals surface area contributed by atoms with E-state index in [-0.39, 0.29) is 6.54 Å². The summed E-state index contributed by atoms with van der Waals surface area (Å²) in [7, 11) is -2.53. The molecule has 1 aromatic carbocycles. The molecular weight excluding hydrogens is 313 g/mol. The number of carboxylic acid groups (broad SMARTS) is 1. The number of sulfonamides is 1. The Balaban J connectivity index is 3.04. The summed E-state index contributed by atoms with van der Waals surface area (Å²) >= 11 is 5.47. The number of aromatic carboxylic acids is 1. The van der Waals surface area contributed by atoms with Gasteiger partial charge in [0.1, 0.15) is 5.82 Å². The molecule has 0 saturated heterocycles. The third kappa shape index (κ3) is 4.14. The Labute approximate surface area is 120 Å². The molecule has 0 atom stereocenters. The maximum absolute atomic E-state index is 13.5. The van der Waals surface area contributed by atoms with E-state index in [0.717, 1.165) is 6.07 Å². The first-order chi connectivity index (χ1) is 9.29. The summed E-state index contributed by atoms with van der Waals surface area (Å²) in [6, 6.07) is 1.49. The molecule has 0 radical (unpaired) electrons. The van der Waals surface area contributed by atoms with E-state index in [1.54, 1.807) is 0 Å². The van der Waals surface area contributed by atoms with Crippen molar-refractivity contribution < 1.29 is 27.4 Å². The molecule has 0 amide bonds. The summed E-state index contributed by atoms with van der Waals surface area (Å²) in [5.41, 5.74) is -0.607. The second-order valence-electron chi connectivity index (χ2n) is 3.82. The van der Waals surface area contributed by atoms with Crippen LogP contribution in [0.15, 0.2) is 17.0 Å². The third-order valence-electron chi connectivity index (χ3n) is 2.36. The number of nitrogens with one attached hydrogen (secondary N) is 1. The quantitative estimate of drug-likeness (QED) is 0.741. The van der Waals surface area contributed by atoms with Crippen molar-refractivity contribution in [1.29, 1.82) is 0 Å². The van der Waals surface area contributed by atoms with Crippen LogP contribution in [0.5, 0.6) is 0 Å². The molecule has 0 aliphatic rings. The molecule has 0 aliphatic carbocycles. The Morgan fingerprint density at radius 2 is 2.15 bits per heavy atom. The Morgan fingerprint density at radius 1 is 1.50 bits per heavy atom. The van der Waals surface area contributed by atoms with Crippen molar-refractivity contribution in [1.82, 2.24) is 4.72 Å². The molecule has 20 heavy (non-hydrogen) atoms. The van der Waals surface area contributed by atoms with Gasteiger partial charge >= 0.3 is 5.97 Å². The number of hydrogen-bond acceptors (Lipinski definition) is 4. The SMILES string of the molecule is COCCCNS(=O)(=O)c1cc(F)c(Cl)c(C(=O)O)c1. The Hall–Kier alpha value is -1.22. The number of halogens is 2. The van der Waals surface area contributed by atoms with Gasteiger partial charge in [0.25, 0.3) is 0 Å². The van der Waals surface area contributed by atoms with Gasteiger partial charge in [-0.3, -0.25) is 0 Å². The van der Waals surface area contributed by atoms with Gasteiger partial charge in [0.2, 0.25) is 10.0 Å². The van der Waals surface area contributed by atoms with Crippen LogP contribution in [0.4, 0.5) is 4.39 Å². The van der Waals surface area contributed by atoms with Crippen molar-refractivity contribution in [2.45, 2.75) is 11.3 Å². The maximum Gasteiger partial charge on any atom is 0.337 e. The number of carbonyl (C=O) groups is 1. The van der Waals surface area contributed by atoms with Crippen molar-refractivity contribution in [2.75, 3.05) is 20.3 Å². The van der Waals surface area contributed by atoms with Gasteiger partial charge in [-0.05, 0) is 18.6 Å². The number of benzene rings is 1. The molecular formula is C11H13ClFNO5S. The summed E-state index contributed by atoms with van der Waals surface area (Å²) in [6.45, 7) is 0.445. The van der Waals surface area contributed by atoms with Gasteiger partial charge in [-0.1, -0.05) is 11.6 Å². The van der Waals surface area contributed by atoms with E-state index in [1.165, 1.54) is 7.11 Å². The molecule has 0 fully saturated rings. The normalized spacial score (nSPS) is 11.6. The first kappa shape index (κ1) is 16.8. The molecule has 2 N–H and O–H groups in total. The van der Waals surface area contributed by atoms with Crippen LogP contribution >= 0.6 is 11.6 Å². The minimum absolute atomic E-state index is 0.0861. The van der Waals surface area contributed by atoms with E-state index in [9.17, 15) is 17.6 Å². The number of rotatable bonds is 7. The fourth-order valence-corrected chi connectivity index (χ4v) is 2.68. The predicted octanol–water partition coefficient (Wildman–Crippen LogP) is 1.49. The van der Waals surface area contributed by atoms with E-state index in [2.05, 4.69) is 4.72 Å². The van der Waals surface area contributed by atoms with Crippen molar-refractivity contribution in [3.63, 3.8) is 0 Å². The highest BCUT2D eigenvalue weighted by Gasteiger charge is 2.21. The lowest BCUT2D eigenvalue weighted by molar-refractivity contribution is 0.0696. The highest BCUT2D eigenvalue weighted by Crippen LogP contribution is 2.24. The van der Waals surface area contributed by atoms with Crippen LogP contribution in [0.1, 0.15) is 16.8 Å². The van der Waals surface area contributed by atoms with Gasteiger partial charge in [0.15, 0.2) is 0 Å². The largest absolute Gasteiger partial charge is 0.478 e. The minimum atomic E-state index is -4.00. The highest BCUT2D eigenvalue weighted by atomic mass is 35.5. The second-order valence-corrected chi connectivity index (χ2v) is 5.96. The number of ether oxygens (including phenoxy) is 1. The van der Waals surface area contributed by atoms with E-state index >= 15 is 0 Å². The third-order valence-corrected chi connectivity index (χ3v) is 4.18. The fourth-order valence-electron chi connectivity index (χ4n) is 1.38. The number of carboxylic acids is 1. The summed E-state index contributed by atoms with van der Waals surface area (Å²) in [5, 5.41) is 8.21. The van der Waals surface area contributed by atoms with Crippen LogP contribution in [-0.2, 0) is 14.8 Å². The average Bonchev–Trinajstić information content (AvgIpc) is 2.37. The fraction of sp³-hybridized carbons (Fsp3) is 0.364. The van der Waals surface area contributed by atoms with Crippen LogP contribution in [0.25, 0.3) is 0 Å². The van der Waals surface area contributed by atoms with Crippen LogP contribution in [0.3, 0.4) is 0 Å². The van der Waals surface area contributed by atoms with Gasteiger partial charge in [-0.25, -0.2) is 22.3 Å². The molecule has 0 heterocycles. The van der Waals surface area contributed by atoms with E-state index in [4.69, 9.17) is 21.4 Å². The molecule has 0 aromatic heterocycles. The summed E-state index contributed by atoms with van der Waals surface area (Å²) in [4.78, 5) is 10.4. The Morgan fingerprint density at radius 3 is 2.70 bits per heavy atom. The second kappa shape index (κ2) is 6.98. The van der Waals surface area contributed by atoms with Gasteiger partial charge < -0.3 is 9.84 Å². The minimum Gasteiger partial charge on any atom is -0.478 e. The monoisotopic (exact) mass is 325 g/mol. The van der Waals surface area contributed by atoms with Crippen molar-refractivity contribution >= 4 is 27.6 Å². The van der Waals surface area contributed by atoms with E-state index in [1.807, 2.05) is 0 Å². The lowest BCUT2D eigenvalue weighted by Gasteiger charge is -2.09.